The fourth-order valence-corrected chi connectivity index (χ4v) is 3.43. The number of rotatable bonds is 4. The molecular weight excluding hydrogens is 274 g/mol. The number of amides is 1. The molecule has 0 radical (unpaired) electrons. The number of nitrogens with two attached hydrogens (primary N) is 1. The molecule has 1 aromatic heterocycles. The summed E-state index contributed by atoms with van der Waals surface area (Å²) < 4.78 is 0. The van der Waals surface area contributed by atoms with Crippen molar-refractivity contribution in [3.63, 3.8) is 0 Å². The van der Waals surface area contributed by atoms with E-state index in [1.165, 1.54) is 11.3 Å². The standard InChI is InChI=1S/C14H21N3O2S/c1-2-10-5-7-14(8-6-10,13(15)17-19)16-12(18)11-4-3-9-20-11/h3-4,9-10,19H,2,5-8H2,1H3,(H2,15,17)(H,16,18). The molecule has 1 saturated carbocycles. The average molecular weight is 295 g/mol. The van der Waals surface area contributed by atoms with Crippen molar-refractivity contribution in [2.24, 2.45) is 16.8 Å². The maximum Gasteiger partial charge on any atom is 0.262 e. The largest absolute Gasteiger partial charge is 0.409 e. The van der Waals surface area contributed by atoms with Gasteiger partial charge in [-0.3, -0.25) is 4.79 Å². The minimum atomic E-state index is -0.707. The lowest BCUT2D eigenvalue weighted by Gasteiger charge is -2.39. The predicted octanol–water partition coefficient (Wildman–Crippen LogP) is 2.56. The molecule has 0 aliphatic heterocycles. The van der Waals surface area contributed by atoms with E-state index in [0.29, 0.717) is 10.8 Å². The van der Waals surface area contributed by atoms with Gasteiger partial charge in [0.05, 0.1) is 4.88 Å². The summed E-state index contributed by atoms with van der Waals surface area (Å²) in [5.41, 5.74) is 5.15. The highest BCUT2D eigenvalue weighted by molar-refractivity contribution is 7.12. The summed E-state index contributed by atoms with van der Waals surface area (Å²) in [4.78, 5) is 12.9. The van der Waals surface area contributed by atoms with Gasteiger partial charge in [0.2, 0.25) is 0 Å². The second-order valence-corrected chi connectivity index (χ2v) is 6.30. The van der Waals surface area contributed by atoms with E-state index in [2.05, 4.69) is 17.4 Å². The van der Waals surface area contributed by atoms with Crippen molar-refractivity contribution in [2.45, 2.75) is 44.6 Å². The summed E-state index contributed by atoms with van der Waals surface area (Å²) in [6.07, 6.45) is 4.54. The van der Waals surface area contributed by atoms with E-state index < -0.39 is 5.54 Å². The summed E-state index contributed by atoms with van der Waals surface area (Å²) in [5.74, 6) is 0.617. The SMILES string of the molecule is CCC1CCC(NC(=O)c2cccs2)(/C(N)=N/O)CC1. The third kappa shape index (κ3) is 2.95. The summed E-state index contributed by atoms with van der Waals surface area (Å²) in [7, 11) is 0. The molecule has 1 heterocycles. The van der Waals surface area contributed by atoms with Gasteiger partial charge in [-0.25, -0.2) is 0 Å². The van der Waals surface area contributed by atoms with E-state index >= 15 is 0 Å². The molecule has 0 atom stereocenters. The topological polar surface area (TPSA) is 87.7 Å². The van der Waals surface area contributed by atoms with E-state index in [1.807, 2.05) is 11.4 Å². The second kappa shape index (κ2) is 6.26. The Morgan fingerprint density at radius 3 is 2.80 bits per heavy atom. The van der Waals surface area contributed by atoms with Crippen molar-refractivity contribution >= 4 is 23.1 Å². The number of carbonyl (C=O) groups is 1. The van der Waals surface area contributed by atoms with Crippen LogP contribution in [0, 0.1) is 5.92 Å². The summed E-state index contributed by atoms with van der Waals surface area (Å²) in [5, 5.41) is 17.0. The predicted molar refractivity (Wildman–Crippen MR) is 80.2 cm³/mol. The Morgan fingerprint density at radius 1 is 1.60 bits per heavy atom. The first-order valence-corrected chi connectivity index (χ1v) is 7.83. The quantitative estimate of drug-likeness (QED) is 0.345. The molecule has 110 valence electrons. The van der Waals surface area contributed by atoms with E-state index in [0.717, 1.165) is 32.1 Å². The van der Waals surface area contributed by atoms with Gasteiger partial charge in [0.1, 0.15) is 5.54 Å². The van der Waals surface area contributed by atoms with Crippen molar-refractivity contribution < 1.29 is 10.0 Å². The van der Waals surface area contributed by atoms with Gasteiger partial charge in [0.15, 0.2) is 5.84 Å². The number of thiophene rings is 1. The molecule has 4 N–H and O–H groups in total. The smallest absolute Gasteiger partial charge is 0.262 e. The first-order valence-electron chi connectivity index (χ1n) is 6.95. The van der Waals surface area contributed by atoms with E-state index in [1.54, 1.807) is 6.07 Å². The second-order valence-electron chi connectivity index (χ2n) is 5.35. The highest BCUT2D eigenvalue weighted by atomic mass is 32.1. The average Bonchev–Trinajstić information content (AvgIpc) is 3.01. The molecule has 0 aromatic carbocycles. The molecule has 1 aromatic rings. The molecule has 20 heavy (non-hydrogen) atoms. The molecule has 0 saturated heterocycles. The number of oxime groups is 1. The van der Waals surface area contributed by atoms with Gasteiger partial charge in [-0.15, -0.1) is 11.3 Å². The molecule has 2 rings (SSSR count). The van der Waals surface area contributed by atoms with Crippen molar-refractivity contribution in [3.8, 4) is 0 Å². The molecule has 1 fully saturated rings. The monoisotopic (exact) mass is 295 g/mol. The van der Waals surface area contributed by atoms with E-state index in [9.17, 15) is 4.79 Å². The first kappa shape index (κ1) is 14.8. The van der Waals surface area contributed by atoms with Crippen molar-refractivity contribution in [3.05, 3.63) is 22.4 Å². The fraction of sp³-hybridized carbons (Fsp3) is 0.571. The van der Waals surface area contributed by atoms with Gasteiger partial charge in [0.25, 0.3) is 5.91 Å². The number of nitrogens with zero attached hydrogens (tertiary/aromatic N) is 1. The van der Waals surface area contributed by atoms with Crippen LogP contribution in [0.5, 0.6) is 0 Å². The van der Waals surface area contributed by atoms with Gasteiger partial charge in [-0.1, -0.05) is 24.6 Å². The van der Waals surface area contributed by atoms with Crippen LogP contribution >= 0.6 is 11.3 Å². The third-order valence-electron chi connectivity index (χ3n) is 4.23. The Hall–Kier alpha value is -1.56. The molecule has 0 bridgehead atoms. The van der Waals surface area contributed by atoms with Crippen LogP contribution in [-0.2, 0) is 0 Å². The summed E-state index contributed by atoms with van der Waals surface area (Å²) in [6, 6.07) is 3.61. The zero-order chi connectivity index (χ0) is 14.6. The van der Waals surface area contributed by atoms with E-state index in [4.69, 9.17) is 10.9 Å². The normalized spacial score (nSPS) is 27.2. The van der Waals surface area contributed by atoms with Crippen molar-refractivity contribution in [2.75, 3.05) is 0 Å². The number of amidine groups is 1. The first-order chi connectivity index (χ1) is 9.61. The van der Waals surface area contributed by atoms with Crippen LogP contribution in [0.4, 0.5) is 0 Å². The van der Waals surface area contributed by atoms with Gasteiger partial charge in [-0.2, -0.15) is 0 Å². The third-order valence-corrected chi connectivity index (χ3v) is 5.10. The Labute approximate surface area is 122 Å². The maximum absolute atomic E-state index is 12.3. The van der Waals surface area contributed by atoms with Gasteiger partial charge in [-0.05, 0) is 43.0 Å². The van der Waals surface area contributed by atoms with Gasteiger partial charge < -0.3 is 16.3 Å². The zero-order valence-corrected chi connectivity index (χ0v) is 12.4. The number of nitrogens with one attached hydrogen (secondary N) is 1. The van der Waals surface area contributed by atoms with Crippen LogP contribution in [0.3, 0.4) is 0 Å². The zero-order valence-electron chi connectivity index (χ0n) is 11.6. The molecule has 1 amide bonds. The fourth-order valence-electron chi connectivity index (χ4n) is 2.81. The highest BCUT2D eigenvalue weighted by Gasteiger charge is 2.40. The van der Waals surface area contributed by atoms with Gasteiger partial charge in [0, 0.05) is 0 Å². The van der Waals surface area contributed by atoms with Crippen LogP contribution in [0.25, 0.3) is 0 Å². The Kier molecular flexibility index (Phi) is 4.65. The molecule has 0 unspecified atom stereocenters. The molecule has 0 spiro atoms. The van der Waals surface area contributed by atoms with Crippen LogP contribution in [0.2, 0.25) is 0 Å². The number of hydrogen-bond donors (Lipinski definition) is 3. The molecular formula is C14H21N3O2S. The highest BCUT2D eigenvalue weighted by Crippen LogP contribution is 2.34. The van der Waals surface area contributed by atoms with Crippen LogP contribution in [-0.4, -0.2) is 22.5 Å². The summed E-state index contributed by atoms with van der Waals surface area (Å²) >= 11 is 1.39. The number of hydrogen-bond acceptors (Lipinski definition) is 4. The molecule has 1 aliphatic rings. The summed E-state index contributed by atoms with van der Waals surface area (Å²) in [6.45, 7) is 2.17. The Morgan fingerprint density at radius 2 is 2.30 bits per heavy atom. The Bertz CT molecular complexity index is 477. The van der Waals surface area contributed by atoms with Crippen molar-refractivity contribution in [1.82, 2.24) is 5.32 Å². The lowest BCUT2D eigenvalue weighted by Crippen LogP contribution is -2.59. The van der Waals surface area contributed by atoms with Gasteiger partial charge >= 0.3 is 0 Å². The number of carbonyl (C=O) groups excluding carboxylic acids is 1. The minimum Gasteiger partial charge on any atom is -0.409 e. The lowest BCUT2D eigenvalue weighted by atomic mass is 9.75. The van der Waals surface area contributed by atoms with Crippen LogP contribution < -0.4 is 11.1 Å². The lowest BCUT2D eigenvalue weighted by molar-refractivity contribution is 0.0899. The van der Waals surface area contributed by atoms with Crippen LogP contribution in [0.1, 0.15) is 48.7 Å². The molecule has 6 heteroatoms. The van der Waals surface area contributed by atoms with Crippen molar-refractivity contribution in [1.29, 1.82) is 0 Å². The van der Waals surface area contributed by atoms with E-state index in [-0.39, 0.29) is 11.7 Å². The molecule has 1 aliphatic carbocycles. The van der Waals surface area contributed by atoms with Crippen LogP contribution in [0.15, 0.2) is 22.7 Å². The molecule has 5 nitrogen and oxygen atoms in total. The minimum absolute atomic E-state index is 0.108. The Balaban J connectivity index is 2.15. The maximum atomic E-state index is 12.3.